The van der Waals surface area contributed by atoms with Gasteiger partial charge in [-0.15, -0.1) is 0 Å². The molecule has 0 unspecified atom stereocenters. The van der Waals surface area contributed by atoms with Gasteiger partial charge in [0.2, 0.25) is 0 Å². The molecule has 38 heavy (non-hydrogen) atoms. The SMILES string of the molecule is CC1(C)O[C@@H]2C[C@H]3[C@@H]4CC=C5CC(=O)C=C[C@]5(C)[C@@]4(F)[C@@H](O)C[C@]3(C)[C@]2(C(=O)CO[Si](C)(C)C(C)(C)C)O1. The van der Waals surface area contributed by atoms with E-state index in [9.17, 15) is 14.7 Å². The summed E-state index contributed by atoms with van der Waals surface area (Å²) < 4.78 is 36.9. The third kappa shape index (κ3) is 3.49. The zero-order chi connectivity index (χ0) is 28.3. The van der Waals surface area contributed by atoms with Crippen LogP contribution in [0.3, 0.4) is 0 Å². The van der Waals surface area contributed by atoms with E-state index in [0.29, 0.717) is 12.8 Å². The van der Waals surface area contributed by atoms with Gasteiger partial charge >= 0.3 is 0 Å². The number of aliphatic hydroxyl groups excluding tert-OH is 1. The summed E-state index contributed by atoms with van der Waals surface area (Å²) in [4.78, 5) is 26.5. The lowest BCUT2D eigenvalue weighted by Crippen LogP contribution is -2.69. The van der Waals surface area contributed by atoms with E-state index in [4.69, 9.17) is 13.9 Å². The molecule has 0 aromatic carbocycles. The molecule has 1 saturated heterocycles. The first-order valence-corrected chi connectivity index (χ1v) is 17.0. The number of alkyl halides is 1. The molecule has 1 heterocycles. The molecule has 1 aliphatic heterocycles. The maximum Gasteiger partial charge on any atom is 0.192 e. The number of aliphatic hydroxyl groups is 1. The largest absolute Gasteiger partial charge is 0.409 e. The topological polar surface area (TPSA) is 82.1 Å². The van der Waals surface area contributed by atoms with Crippen LogP contribution in [0, 0.1) is 22.7 Å². The van der Waals surface area contributed by atoms with Crippen LogP contribution in [-0.2, 0) is 23.5 Å². The Morgan fingerprint density at radius 2 is 1.87 bits per heavy atom. The average molecular weight is 549 g/mol. The van der Waals surface area contributed by atoms with Crippen LogP contribution in [0.5, 0.6) is 0 Å². The molecule has 0 aromatic rings. The molecule has 8 atom stereocenters. The molecule has 0 radical (unpaired) electrons. The Morgan fingerprint density at radius 3 is 2.50 bits per heavy atom. The first-order valence-electron chi connectivity index (χ1n) is 14.1. The minimum Gasteiger partial charge on any atom is -0.409 e. The molecule has 0 amide bonds. The summed E-state index contributed by atoms with van der Waals surface area (Å²) in [7, 11) is -2.23. The smallest absolute Gasteiger partial charge is 0.192 e. The first kappa shape index (κ1) is 28.3. The predicted molar refractivity (Wildman–Crippen MR) is 145 cm³/mol. The quantitative estimate of drug-likeness (QED) is 0.372. The molecule has 212 valence electrons. The van der Waals surface area contributed by atoms with Crippen molar-refractivity contribution in [1.29, 1.82) is 0 Å². The van der Waals surface area contributed by atoms with Gasteiger partial charge in [0.25, 0.3) is 0 Å². The summed E-state index contributed by atoms with van der Waals surface area (Å²) in [6, 6.07) is 0. The molecule has 0 spiro atoms. The average Bonchev–Trinajstić information content (AvgIpc) is 3.19. The molecule has 3 fully saturated rings. The van der Waals surface area contributed by atoms with Crippen LogP contribution in [0.15, 0.2) is 23.8 Å². The number of rotatable bonds is 4. The van der Waals surface area contributed by atoms with E-state index in [0.717, 1.165) is 5.57 Å². The lowest BCUT2D eigenvalue weighted by atomic mass is 9.45. The lowest BCUT2D eigenvalue weighted by molar-refractivity contribution is -0.243. The third-order valence-electron chi connectivity index (χ3n) is 11.4. The molecule has 5 rings (SSSR count). The van der Waals surface area contributed by atoms with Crippen LogP contribution in [0.1, 0.15) is 74.1 Å². The van der Waals surface area contributed by atoms with Gasteiger partial charge in [0.05, 0.1) is 18.8 Å². The number of Topliss-reactive ketones (excluding diaryl/α,β-unsaturated/α-hetero) is 1. The molecule has 4 aliphatic carbocycles. The fourth-order valence-corrected chi connectivity index (χ4v) is 9.21. The molecule has 0 aromatic heterocycles. The second kappa shape index (κ2) is 8.18. The Kier molecular flexibility index (Phi) is 6.10. The molecule has 1 N–H and O–H groups in total. The minimum atomic E-state index is -2.23. The van der Waals surface area contributed by atoms with Crippen molar-refractivity contribution in [2.45, 2.75) is 122 Å². The highest BCUT2D eigenvalue weighted by Gasteiger charge is 2.79. The second-order valence-electron chi connectivity index (χ2n) is 14.8. The maximum atomic E-state index is 17.5. The van der Waals surface area contributed by atoms with Gasteiger partial charge < -0.3 is 19.0 Å². The van der Waals surface area contributed by atoms with E-state index in [1.807, 2.05) is 26.8 Å². The molecule has 6 nitrogen and oxygen atoms in total. The Labute approximate surface area is 227 Å². The van der Waals surface area contributed by atoms with E-state index in [-0.39, 0.29) is 42.0 Å². The fraction of sp³-hybridized carbons (Fsp3) is 0.800. The third-order valence-corrected chi connectivity index (χ3v) is 15.9. The normalized spacial score (nSPS) is 45.7. The van der Waals surface area contributed by atoms with Crippen molar-refractivity contribution in [3.05, 3.63) is 23.8 Å². The van der Waals surface area contributed by atoms with Crippen LogP contribution < -0.4 is 0 Å². The van der Waals surface area contributed by atoms with Crippen LogP contribution in [0.2, 0.25) is 18.1 Å². The number of hydrogen-bond donors (Lipinski definition) is 1. The fourth-order valence-electron chi connectivity index (χ4n) is 8.28. The minimum absolute atomic E-state index is 0.0448. The number of ether oxygens (including phenoxy) is 2. The molecular formula is C30H45FO6Si. The van der Waals surface area contributed by atoms with Crippen LogP contribution in [0.4, 0.5) is 4.39 Å². The summed E-state index contributed by atoms with van der Waals surface area (Å²) in [5.41, 5.74) is -4.49. The zero-order valence-corrected chi connectivity index (χ0v) is 25.4. The summed E-state index contributed by atoms with van der Waals surface area (Å²) in [5.74, 6) is -2.01. The van der Waals surface area contributed by atoms with Crippen molar-refractivity contribution in [3.8, 4) is 0 Å². The van der Waals surface area contributed by atoms with Crippen LogP contribution in [0.25, 0.3) is 0 Å². The first-order chi connectivity index (χ1) is 17.3. The van der Waals surface area contributed by atoms with Crippen LogP contribution in [-0.4, -0.2) is 60.9 Å². The van der Waals surface area contributed by atoms with Gasteiger partial charge in [-0.25, -0.2) is 4.39 Å². The van der Waals surface area contributed by atoms with Crippen molar-refractivity contribution < 1.29 is 33.0 Å². The van der Waals surface area contributed by atoms with Gasteiger partial charge in [-0.3, -0.25) is 9.59 Å². The van der Waals surface area contributed by atoms with Crippen molar-refractivity contribution >= 4 is 19.9 Å². The zero-order valence-electron chi connectivity index (χ0n) is 24.4. The number of halogens is 1. The van der Waals surface area contributed by atoms with Gasteiger partial charge in [0, 0.05) is 23.2 Å². The number of fused-ring (bicyclic) bond motifs is 7. The maximum absolute atomic E-state index is 17.5. The predicted octanol–water partition coefficient (Wildman–Crippen LogP) is 5.45. The Morgan fingerprint density at radius 1 is 1.21 bits per heavy atom. The van der Waals surface area contributed by atoms with Crippen molar-refractivity contribution in [1.82, 2.24) is 0 Å². The van der Waals surface area contributed by atoms with E-state index in [2.05, 4.69) is 33.9 Å². The molecule has 0 bridgehead atoms. The highest BCUT2D eigenvalue weighted by Crippen LogP contribution is 2.72. The summed E-state index contributed by atoms with van der Waals surface area (Å²) in [5, 5.41) is 11.6. The van der Waals surface area contributed by atoms with Crippen molar-refractivity contribution in [2.75, 3.05) is 6.61 Å². The van der Waals surface area contributed by atoms with Crippen molar-refractivity contribution in [2.24, 2.45) is 22.7 Å². The van der Waals surface area contributed by atoms with E-state index < -0.39 is 54.3 Å². The second-order valence-corrected chi connectivity index (χ2v) is 19.6. The van der Waals surface area contributed by atoms with E-state index in [1.54, 1.807) is 13.0 Å². The Bertz CT molecular complexity index is 1120. The van der Waals surface area contributed by atoms with Gasteiger partial charge in [-0.2, -0.15) is 0 Å². The summed E-state index contributed by atoms with van der Waals surface area (Å²) >= 11 is 0. The van der Waals surface area contributed by atoms with Gasteiger partial charge in [0.15, 0.2) is 36.9 Å². The molecule has 2 saturated carbocycles. The standard InChI is InChI=1S/C30H45FO6Si/c1-25(2,3)38(8,9)35-17-23(34)30-24(36-26(4,5)37-30)15-21-20-11-10-18-14-19(32)12-13-27(18,6)29(20,31)22(33)16-28(21,30)7/h10,12-13,20-22,24,33H,11,14-17H2,1-9H3/t20-,21-,22-,24+,27-,28-,29-,30+/m0/s1. The number of ketones is 2. The van der Waals surface area contributed by atoms with Crippen molar-refractivity contribution in [3.63, 3.8) is 0 Å². The Hall–Kier alpha value is -1.19. The van der Waals surface area contributed by atoms with E-state index >= 15 is 4.39 Å². The molecular weight excluding hydrogens is 503 g/mol. The van der Waals surface area contributed by atoms with Gasteiger partial charge in [-0.1, -0.05) is 45.4 Å². The lowest BCUT2D eigenvalue weighted by Gasteiger charge is -2.62. The van der Waals surface area contributed by atoms with Crippen LogP contribution >= 0.6 is 0 Å². The number of carbonyl (C=O) groups is 2. The Balaban J connectivity index is 1.56. The number of hydrogen-bond acceptors (Lipinski definition) is 6. The highest BCUT2D eigenvalue weighted by molar-refractivity contribution is 6.74. The van der Waals surface area contributed by atoms with Gasteiger partial charge in [0.1, 0.15) is 0 Å². The van der Waals surface area contributed by atoms with Gasteiger partial charge in [-0.05, 0) is 70.2 Å². The van der Waals surface area contributed by atoms with E-state index in [1.165, 1.54) is 6.08 Å². The molecule has 5 aliphatic rings. The number of allylic oxidation sites excluding steroid dienone is 4. The summed E-state index contributed by atoms with van der Waals surface area (Å²) in [6.45, 7) is 17.9. The number of carbonyl (C=O) groups excluding carboxylic acids is 2. The summed E-state index contributed by atoms with van der Waals surface area (Å²) in [6.07, 6.45) is 4.34. The highest BCUT2D eigenvalue weighted by atomic mass is 28.4. The molecule has 8 heteroatoms. The monoisotopic (exact) mass is 548 g/mol.